The van der Waals surface area contributed by atoms with Crippen LogP contribution in [0.5, 0.6) is 0 Å². The minimum Gasteiger partial charge on any atom is -0.477 e. The molecule has 0 saturated heterocycles. The van der Waals surface area contributed by atoms with E-state index in [0.717, 1.165) is 40.5 Å². The minimum absolute atomic E-state index is 0.168. The molecule has 2 aromatic heterocycles. The smallest absolute Gasteiger partial charge is 0.347 e. The molecule has 0 aliphatic heterocycles. The maximum Gasteiger partial charge on any atom is 0.347 e. The van der Waals surface area contributed by atoms with Gasteiger partial charge in [0, 0.05) is 5.69 Å². The largest absolute Gasteiger partial charge is 0.477 e. The zero-order chi connectivity index (χ0) is 19.6. The second kappa shape index (κ2) is 7.85. The molecule has 3 rings (SSSR count). The van der Waals surface area contributed by atoms with Gasteiger partial charge < -0.3 is 15.7 Å². The topological polar surface area (TPSA) is 104 Å². The summed E-state index contributed by atoms with van der Waals surface area (Å²) in [6, 6.07) is 7.64. The minimum atomic E-state index is -1.02. The molecular weight excluding hydrogens is 384 g/mol. The van der Waals surface area contributed by atoms with Crippen LogP contribution in [0.2, 0.25) is 0 Å². The number of aryl methyl sites for hydroxylation is 3. The number of benzene rings is 1. The van der Waals surface area contributed by atoms with Gasteiger partial charge in [-0.05, 0) is 43.4 Å². The van der Waals surface area contributed by atoms with Gasteiger partial charge in [-0.15, -0.1) is 0 Å². The van der Waals surface area contributed by atoms with Crippen LogP contribution in [0, 0.1) is 13.8 Å². The van der Waals surface area contributed by atoms with E-state index in [1.165, 1.54) is 0 Å². The molecule has 0 fully saturated rings. The summed E-state index contributed by atoms with van der Waals surface area (Å²) in [5.41, 5.74) is 3.26. The molecule has 0 aliphatic carbocycles. The Morgan fingerprint density at radius 3 is 2.59 bits per heavy atom. The number of carbonyl (C=O) groups is 2. The fourth-order valence-corrected chi connectivity index (χ4v) is 4.27. The lowest BCUT2D eigenvalue weighted by Gasteiger charge is -2.10. The van der Waals surface area contributed by atoms with Crippen molar-refractivity contribution in [1.29, 1.82) is 0 Å². The number of aromatic nitrogens is 2. The Morgan fingerprint density at radius 2 is 1.93 bits per heavy atom. The van der Waals surface area contributed by atoms with Crippen molar-refractivity contribution in [3.63, 3.8) is 0 Å². The van der Waals surface area contributed by atoms with Crippen LogP contribution in [0.3, 0.4) is 0 Å². The van der Waals surface area contributed by atoms with Crippen molar-refractivity contribution in [2.75, 3.05) is 10.6 Å². The molecule has 27 heavy (non-hydrogen) atoms. The van der Waals surface area contributed by atoms with E-state index in [1.54, 1.807) is 13.8 Å². The molecule has 0 unspecified atom stereocenters. The maximum atomic E-state index is 12.9. The number of amides is 1. The number of carbonyl (C=O) groups excluding carboxylic acids is 1. The molecule has 3 N–H and O–H groups in total. The standard InChI is InChI=1S/C18H18N4O3S2/c1-4-11-7-5-6-8-12(11)20-15(23)13-9(2)22-27-16(13)21-18-19-10(3)14(26-18)17(24)25/h5-8H,4H2,1-3H3,(H,19,21)(H,20,23)(H,24,25). The van der Waals surface area contributed by atoms with E-state index in [0.29, 0.717) is 27.1 Å². The van der Waals surface area contributed by atoms with Gasteiger partial charge in [0.15, 0.2) is 5.13 Å². The lowest BCUT2D eigenvalue weighted by atomic mass is 10.1. The third-order valence-electron chi connectivity index (χ3n) is 3.95. The molecule has 0 aliphatic rings. The lowest BCUT2D eigenvalue weighted by Crippen LogP contribution is -2.15. The summed E-state index contributed by atoms with van der Waals surface area (Å²) >= 11 is 2.17. The highest BCUT2D eigenvalue weighted by molar-refractivity contribution is 7.18. The van der Waals surface area contributed by atoms with E-state index in [-0.39, 0.29) is 10.8 Å². The molecule has 0 bridgehead atoms. The Kier molecular flexibility index (Phi) is 5.52. The number of hydrogen-bond acceptors (Lipinski definition) is 7. The summed E-state index contributed by atoms with van der Waals surface area (Å²) < 4.78 is 4.26. The third-order valence-corrected chi connectivity index (χ3v) is 5.86. The van der Waals surface area contributed by atoms with Gasteiger partial charge in [-0.25, -0.2) is 9.78 Å². The molecule has 0 atom stereocenters. The summed E-state index contributed by atoms with van der Waals surface area (Å²) in [5, 5.41) is 16.1. The van der Waals surface area contributed by atoms with Gasteiger partial charge in [0.2, 0.25) is 0 Å². The Hall–Kier alpha value is -2.78. The SMILES string of the molecule is CCc1ccccc1NC(=O)c1c(C)nsc1Nc1nc(C)c(C(=O)O)s1. The number of para-hydroxylation sites is 1. The average Bonchev–Trinajstić information content (AvgIpc) is 3.18. The number of nitrogens with zero attached hydrogens (tertiary/aromatic N) is 2. The summed E-state index contributed by atoms with van der Waals surface area (Å²) in [6.45, 7) is 5.43. The number of aromatic carboxylic acids is 1. The number of carboxylic acids is 1. The van der Waals surface area contributed by atoms with Crippen LogP contribution in [0.1, 0.15) is 43.9 Å². The first-order valence-electron chi connectivity index (χ1n) is 8.24. The Balaban J connectivity index is 1.87. The van der Waals surface area contributed by atoms with Gasteiger partial charge in [-0.1, -0.05) is 36.5 Å². The predicted molar refractivity (Wildman–Crippen MR) is 108 cm³/mol. The van der Waals surface area contributed by atoms with Crippen molar-refractivity contribution < 1.29 is 14.7 Å². The fraction of sp³-hybridized carbons (Fsp3) is 0.222. The molecule has 0 saturated carbocycles. The quantitative estimate of drug-likeness (QED) is 0.562. The van der Waals surface area contributed by atoms with Crippen molar-refractivity contribution >= 4 is 50.6 Å². The van der Waals surface area contributed by atoms with Crippen LogP contribution in [0.25, 0.3) is 0 Å². The molecule has 9 heteroatoms. The van der Waals surface area contributed by atoms with Gasteiger partial charge in [0.05, 0.1) is 17.0 Å². The van der Waals surface area contributed by atoms with Crippen LogP contribution in [-0.2, 0) is 6.42 Å². The van der Waals surface area contributed by atoms with E-state index >= 15 is 0 Å². The molecule has 3 aromatic rings. The Bertz CT molecular complexity index is 1010. The van der Waals surface area contributed by atoms with Gasteiger partial charge in [-0.3, -0.25) is 4.79 Å². The second-order valence-electron chi connectivity index (χ2n) is 5.80. The van der Waals surface area contributed by atoms with Crippen LogP contribution < -0.4 is 10.6 Å². The van der Waals surface area contributed by atoms with Crippen LogP contribution >= 0.6 is 22.9 Å². The molecule has 1 amide bonds. The summed E-state index contributed by atoms with van der Waals surface area (Å²) in [4.78, 5) is 28.4. The number of rotatable bonds is 6. The van der Waals surface area contributed by atoms with E-state index in [9.17, 15) is 14.7 Å². The molecular formula is C18H18N4O3S2. The van der Waals surface area contributed by atoms with Crippen molar-refractivity contribution in [2.24, 2.45) is 0 Å². The molecule has 140 valence electrons. The van der Waals surface area contributed by atoms with Crippen LogP contribution in [0.4, 0.5) is 15.8 Å². The number of anilines is 3. The molecule has 0 radical (unpaired) electrons. The summed E-state index contributed by atoms with van der Waals surface area (Å²) in [7, 11) is 0. The summed E-state index contributed by atoms with van der Waals surface area (Å²) in [6.07, 6.45) is 0.804. The maximum absolute atomic E-state index is 12.9. The van der Waals surface area contributed by atoms with E-state index in [1.807, 2.05) is 31.2 Å². The normalized spacial score (nSPS) is 10.6. The monoisotopic (exact) mass is 402 g/mol. The van der Waals surface area contributed by atoms with Crippen molar-refractivity contribution in [3.05, 3.63) is 51.7 Å². The van der Waals surface area contributed by atoms with Gasteiger partial charge >= 0.3 is 5.97 Å². The zero-order valence-electron chi connectivity index (χ0n) is 15.0. The predicted octanol–water partition coefficient (Wildman–Crippen LogP) is 4.47. The summed E-state index contributed by atoms with van der Waals surface area (Å²) in [5.74, 6) is -1.29. The molecule has 0 spiro atoms. The van der Waals surface area contributed by atoms with Crippen molar-refractivity contribution in [2.45, 2.75) is 27.2 Å². The number of thiazole rings is 1. The second-order valence-corrected chi connectivity index (χ2v) is 7.57. The van der Waals surface area contributed by atoms with E-state index in [4.69, 9.17) is 0 Å². The van der Waals surface area contributed by atoms with Crippen LogP contribution in [-0.4, -0.2) is 26.3 Å². The molecule has 7 nitrogen and oxygen atoms in total. The zero-order valence-corrected chi connectivity index (χ0v) is 16.6. The average molecular weight is 403 g/mol. The Morgan fingerprint density at radius 1 is 1.19 bits per heavy atom. The van der Waals surface area contributed by atoms with E-state index < -0.39 is 5.97 Å². The number of carboxylic acid groups (broad SMARTS) is 1. The van der Waals surface area contributed by atoms with Crippen molar-refractivity contribution in [3.8, 4) is 0 Å². The van der Waals surface area contributed by atoms with Crippen LogP contribution in [0.15, 0.2) is 24.3 Å². The first kappa shape index (κ1) is 19.0. The third kappa shape index (κ3) is 3.99. The first-order valence-corrected chi connectivity index (χ1v) is 9.83. The molecule has 1 aromatic carbocycles. The van der Waals surface area contributed by atoms with Gasteiger partial charge in [0.25, 0.3) is 5.91 Å². The highest BCUT2D eigenvalue weighted by atomic mass is 32.1. The lowest BCUT2D eigenvalue weighted by molar-refractivity contribution is 0.0701. The highest BCUT2D eigenvalue weighted by Gasteiger charge is 2.21. The van der Waals surface area contributed by atoms with Gasteiger partial charge in [-0.2, -0.15) is 4.37 Å². The fourth-order valence-electron chi connectivity index (χ4n) is 2.60. The Labute approximate surface area is 164 Å². The van der Waals surface area contributed by atoms with Gasteiger partial charge in [0.1, 0.15) is 9.88 Å². The highest BCUT2D eigenvalue weighted by Crippen LogP contribution is 2.32. The van der Waals surface area contributed by atoms with Crippen molar-refractivity contribution in [1.82, 2.24) is 9.36 Å². The number of nitrogens with one attached hydrogen (secondary N) is 2. The van der Waals surface area contributed by atoms with E-state index in [2.05, 4.69) is 20.0 Å². The molecule has 2 heterocycles. The number of hydrogen-bond donors (Lipinski definition) is 3. The first-order chi connectivity index (χ1) is 12.9.